The van der Waals surface area contributed by atoms with Crippen molar-refractivity contribution < 1.29 is 18.6 Å². The van der Waals surface area contributed by atoms with E-state index in [-0.39, 0.29) is 22.1 Å². The lowest BCUT2D eigenvalue weighted by molar-refractivity contribution is 0.270. The van der Waals surface area contributed by atoms with E-state index in [1.807, 2.05) is 0 Å². The summed E-state index contributed by atoms with van der Waals surface area (Å²) in [7, 11) is 0. The molecule has 5 heteroatoms. The van der Waals surface area contributed by atoms with Gasteiger partial charge in [0.05, 0.1) is 17.2 Å². The molecule has 0 radical (unpaired) electrons. The zero-order valence-corrected chi connectivity index (χ0v) is 9.92. The highest BCUT2D eigenvalue weighted by molar-refractivity contribution is 6.30. The smallest absolute Gasteiger partial charge is 0.145 e. The minimum Gasteiger partial charge on any atom is -0.457 e. The van der Waals surface area contributed by atoms with Gasteiger partial charge in [-0.2, -0.15) is 0 Å². The van der Waals surface area contributed by atoms with Crippen LogP contribution >= 0.6 is 11.6 Å². The molecule has 0 unspecified atom stereocenters. The molecule has 94 valence electrons. The molecule has 0 aliphatic rings. The predicted octanol–water partition coefficient (Wildman–Crippen LogP) is 3.90. The summed E-state index contributed by atoms with van der Waals surface area (Å²) >= 11 is 5.54. The number of rotatable bonds is 3. The molecule has 2 rings (SSSR count). The first kappa shape index (κ1) is 12.8. The molecule has 0 bridgehead atoms. The first-order chi connectivity index (χ1) is 8.61. The van der Waals surface area contributed by atoms with E-state index in [4.69, 9.17) is 21.4 Å². The SMILES string of the molecule is OCc1c(F)cccc1Oc1ccc(Cl)c(F)c1. The van der Waals surface area contributed by atoms with E-state index < -0.39 is 18.2 Å². The Labute approximate surface area is 107 Å². The van der Waals surface area contributed by atoms with Crippen LogP contribution in [-0.2, 0) is 6.61 Å². The Bertz CT molecular complexity index is 573. The van der Waals surface area contributed by atoms with Gasteiger partial charge in [-0.1, -0.05) is 17.7 Å². The first-order valence-corrected chi connectivity index (χ1v) is 5.50. The van der Waals surface area contributed by atoms with Crippen molar-refractivity contribution in [2.75, 3.05) is 0 Å². The van der Waals surface area contributed by atoms with E-state index in [1.165, 1.54) is 30.3 Å². The topological polar surface area (TPSA) is 29.5 Å². The van der Waals surface area contributed by atoms with Gasteiger partial charge in [-0.05, 0) is 24.3 Å². The van der Waals surface area contributed by atoms with Crippen LogP contribution in [-0.4, -0.2) is 5.11 Å². The summed E-state index contributed by atoms with van der Waals surface area (Å²) in [6, 6.07) is 8.02. The molecule has 0 amide bonds. The standard InChI is InChI=1S/C13H9ClF2O2/c14-10-5-4-8(6-12(10)16)18-13-3-1-2-11(15)9(13)7-17/h1-6,17H,7H2. The van der Waals surface area contributed by atoms with Crippen LogP contribution in [0.2, 0.25) is 5.02 Å². The van der Waals surface area contributed by atoms with Gasteiger partial charge in [-0.3, -0.25) is 0 Å². The molecule has 0 atom stereocenters. The minimum absolute atomic E-state index is 0.0212. The van der Waals surface area contributed by atoms with E-state index in [0.717, 1.165) is 6.07 Å². The van der Waals surface area contributed by atoms with Crippen molar-refractivity contribution in [3.05, 3.63) is 58.6 Å². The number of aliphatic hydroxyl groups is 1. The predicted molar refractivity (Wildman–Crippen MR) is 63.8 cm³/mol. The molecule has 0 fully saturated rings. The highest BCUT2D eigenvalue weighted by atomic mass is 35.5. The summed E-state index contributed by atoms with van der Waals surface area (Å²) in [5.74, 6) is -0.892. The zero-order valence-electron chi connectivity index (χ0n) is 9.16. The third-order valence-electron chi connectivity index (χ3n) is 2.35. The normalized spacial score (nSPS) is 10.4. The van der Waals surface area contributed by atoms with Crippen molar-refractivity contribution in [1.29, 1.82) is 0 Å². The average molecular weight is 271 g/mol. The molecule has 0 aliphatic carbocycles. The first-order valence-electron chi connectivity index (χ1n) is 5.13. The molecular formula is C13H9ClF2O2. The minimum atomic E-state index is -0.629. The largest absolute Gasteiger partial charge is 0.457 e. The molecule has 2 nitrogen and oxygen atoms in total. The number of halogens is 3. The molecule has 0 spiro atoms. The fraction of sp³-hybridized carbons (Fsp3) is 0.0769. The van der Waals surface area contributed by atoms with Gasteiger partial charge in [0.15, 0.2) is 0 Å². The summed E-state index contributed by atoms with van der Waals surface area (Å²) < 4.78 is 31.9. The number of hydrogen-bond donors (Lipinski definition) is 1. The Kier molecular flexibility index (Phi) is 3.79. The Morgan fingerprint density at radius 1 is 1.11 bits per heavy atom. The molecule has 2 aromatic rings. The van der Waals surface area contributed by atoms with Gasteiger partial charge in [0.25, 0.3) is 0 Å². The van der Waals surface area contributed by atoms with E-state index in [0.29, 0.717) is 0 Å². The summed E-state index contributed by atoms with van der Waals surface area (Å²) in [6.45, 7) is -0.502. The molecule has 2 aromatic carbocycles. The van der Waals surface area contributed by atoms with Gasteiger partial charge in [0.1, 0.15) is 23.1 Å². The van der Waals surface area contributed by atoms with E-state index in [9.17, 15) is 8.78 Å². The third-order valence-corrected chi connectivity index (χ3v) is 2.66. The van der Waals surface area contributed by atoms with Crippen LogP contribution in [0.3, 0.4) is 0 Å². The van der Waals surface area contributed by atoms with Crippen molar-refractivity contribution in [3.8, 4) is 11.5 Å². The molecule has 0 heterocycles. The Balaban J connectivity index is 2.34. The van der Waals surface area contributed by atoms with Gasteiger partial charge < -0.3 is 9.84 Å². The lowest BCUT2D eigenvalue weighted by atomic mass is 10.2. The van der Waals surface area contributed by atoms with Crippen LogP contribution in [0.5, 0.6) is 11.5 Å². The molecule has 1 N–H and O–H groups in total. The molecule has 18 heavy (non-hydrogen) atoms. The second-order valence-electron chi connectivity index (χ2n) is 3.55. The molecular weight excluding hydrogens is 262 g/mol. The van der Waals surface area contributed by atoms with E-state index >= 15 is 0 Å². The zero-order chi connectivity index (χ0) is 13.1. The van der Waals surface area contributed by atoms with Gasteiger partial charge in [-0.25, -0.2) is 8.78 Å². The number of aliphatic hydroxyl groups excluding tert-OH is 1. The van der Waals surface area contributed by atoms with Crippen molar-refractivity contribution in [2.24, 2.45) is 0 Å². The average Bonchev–Trinajstić information content (AvgIpc) is 2.34. The Morgan fingerprint density at radius 3 is 2.56 bits per heavy atom. The van der Waals surface area contributed by atoms with Crippen LogP contribution in [0, 0.1) is 11.6 Å². The fourth-order valence-corrected chi connectivity index (χ4v) is 1.57. The van der Waals surface area contributed by atoms with Crippen molar-refractivity contribution in [3.63, 3.8) is 0 Å². The van der Waals surface area contributed by atoms with Crippen molar-refractivity contribution in [2.45, 2.75) is 6.61 Å². The lowest BCUT2D eigenvalue weighted by Crippen LogP contribution is -1.95. The molecule has 0 aliphatic heterocycles. The van der Waals surface area contributed by atoms with Crippen molar-refractivity contribution >= 4 is 11.6 Å². The molecule has 0 saturated heterocycles. The van der Waals surface area contributed by atoms with Crippen LogP contribution in [0.1, 0.15) is 5.56 Å². The second kappa shape index (κ2) is 5.33. The monoisotopic (exact) mass is 270 g/mol. The quantitative estimate of drug-likeness (QED) is 0.916. The fourth-order valence-electron chi connectivity index (χ4n) is 1.46. The molecule has 0 aromatic heterocycles. The maximum Gasteiger partial charge on any atom is 0.145 e. The Hall–Kier alpha value is -1.65. The Morgan fingerprint density at radius 2 is 1.89 bits per heavy atom. The maximum absolute atomic E-state index is 13.4. The van der Waals surface area contributed by atoms with E-state index in [2.05, 4.69) is 0 Å². The summed E-state index contributed by atoms with van der Waals surface area (Å²) in [6.07, 6.45) is 0. The number of hydrogen-bond acceptors (Lipinski definition) is 2. The van der Waals surface area contributed by atoms with Crippen LogP contribution in [0.15, 0.2) is 36.4 Å². The van der Waals surface area contributed by atoms with Crippen molar-refractivity contribution in [1.82, 2.24) is 0 Å². The highest BCUT2D eigenvalue weighted by Gasteiger charge is 2.10. The third kappa shape index (κ3) is 2.60. The highest BCUT2D eigenvalue weighted by Crippen LogP contribution is 2.29. The van der Waals surface area contributed by atoms with Gasteiger partial charge in [0.2, 0.25) is 0 Å². The van der Waals surface area contributed by atoms with Gasteiger partial charge >= 0.3 is 0 Å². The second-order valence-corrected chi connectivity index (χ2v) is 3.96. The van der Waals surface area contributed by atoms with Crippen LogP contribution in [0.4, 0.5) is 8.78 Å². The van der Waals surface area contributed by atoms with Gasteiger partial charge in [-0.15, -0.1) is 0 Å². The number of ether oxygens (including phenoxy) is 1. The number of benzene rings is 2. The summed E-state index contributed by atoms with van der Waals surface area (Å²) in [5.41, 5.74) is 0.0212. The maximum atomic E-state index is 13.4. The lowest BCUT2D eigenvalue weighted by Gasteiger charge is -2.10. The van der Waals surface area contributed by atoms with Gasteiger partial charge in [0, 0.05) is 6.07 Å². The van der Waals surface area contributed by atoms with Crippen LogP contribution in [0.25, 0.3) is 0 Å². The van der Waals surface area contributed by atoms with E-state index in [1.54, 1.807) is 0 Å². The summed E-state index contributed by atoms with van der Waals surface area (Å²) in [4.78, 5) is 0. The molecule has 0 saturated carbocycles. The summed E-state index contributed by atoms with van der Waals surface area (Å²) in [5, 5.41) is 9.04. The van der Waals surface area contributed by atoms with Crippen LogP contribution < -0.4 is 4.74 Å².